The van der Waals surface area contributed by atoms with E-state index in [0.717, 1.165) is 0 Å². The summed E-state index contributed by atoms with van der Waals surface area (Å²) in [6.45, 7) is 2.39. The molecule has 106 valence electrons. The lowest BCUT2D eigenvalue weighted by Crippen LogP contribution is -2.43. The van der Waals surface area contributed by atoms with E-state index in [1.54, 1.807) is 11.9 Å². The van der Waals surface area contributed by atoms with Crippen molar-refractivity contribution in [3.8, 4) is 11.5 Å². The molecule has 19 heavy (non-hydrogen) atoms. The zero-order valence-corrected chi connectivity index (χ0v) is 11.2. The molecule has 0 heterocycles. The van der Waals surface area contributed by atoms with Gasteiger partial charge < -0.3 is 20.1 Å². The minimum absolute atomic E-state index is 0.283. The number of phenolic OH excluding ortho intramolecular Hbond substituents is 2. The molecule has 1 aromatic carbocycles. The third-order valence-corrected chi connectivity index (χ3v) is 3.06. The molecule has 3 N–H and O–H groups in total. The molecule has 0 amide bonds. The highest BCUT2D eigenvalue weighted by molar-refractivity contribution is 5.76. The Bertz CT molecular complexity index is 449. The van der Waals surface area contributed by atoms with Gasteiger partial charge in [0.1, 0.15) is 12.1 Å². The Hall–Kier alpha value is -1.79. The van der Waals surface area contributed by atoms with Gasteiger partial charge in [0.2, 0.25) is 0 Å². The Morgan fingerprint density at radius 1 is 1.37 bits per heavy atom. The number of hydrogen-bond donors (Lipinski definition) is 3. The van der Waals surface area contributed by atoms with E-state index in [4.69, 9.17) is 0 Å². The number of carbonyl (C=O) groups is 1. The SMILES string of the molecule is CCN(C)[C@H](C(=O)OC)C(O)c1ccc(O)c(O)c1. The van der Waals surface area contributed by atoms with Crippen LogP contribution in [0.4, 0.5) is 0 Å². The Balaban J connectivity index is 3.07. The third-order valence-electron chi connectivity index (χ3n) is 3.06. The molecule has 0 fully saturated rings. The van der Waals surface area contributed by atoms with Crippen LogP contribution in [0, 0.1) is 0 Å². The highest BCUT2D eigenvalue weighted by atomic mass is 16.5. The van der Waals surface area contributed by atoms with E-state index in [-0.39, 0.29) is 11.5 Å². The molecule has 2 atom stereocenters. The van der Waals surface area contributed by atoms with E-state index in [1.807, 2.05) is 6.92 Å². The first kappa shape index (κ1) is 15.3. The monoisotopic (exact) mass is 269 g/mol. The third kappa shape index (κ3) is 3.36. The summed E-state index contributed by atoms with van der Waals surface area (Å²) >= 11 is 0. The summed E-state index contributed by atoms with van der Waals surface area (Å²) in [4.78, 5) is 13.4. The molecule has 6 nitrogen and oxygen atoms in total. The molecule has 0 saturated heterocycles. The van der Waals surface area contributed by atoms with E-state index in [1.165, 1.54) is 25.3 Å². The number of aliphatic hydroxyl groups is 1. The lowest BCUT2D eigenvalue weighted by molar-refractivity contribution is -0.151. The molecule has 0 aliphatic carbocycles. The van der Waals surface area contributed by atoms with E-state index in [0.29, 0.717) is 12.1 Å². The van der Waals surface area contributed by atoms with Gasteiger partial charge in [0, 0.05) is 0 Å². The minimum Gasteiger partial charge on any atom is -0.504 e. The predicted octanol–water partition coefficient (Wildman–Crippen LogP) is 0.624. The van der Waals surface area contributed by atoms with Crippen molar-refractivity contribution in [1.82, 2.24) is 4.90 Å². The summed E-state index contributed by atoms with van der Waals surface area (Å²) in [6.07, 6.45) is -1.16. The summed E-state index contributed by atoms with van der Waals surface area (Å²) in [5.41, 5.74) is 0.325. The average molecular weight is 269 g/mol. The molecule has 0 radical (unpaired) electrons. The standard InChI is InChI=1S/C13H19NO5/c1-4-14(2)11(13(18)19-3)12(17)8-5-6-9(15)10(16)7-8/h5-7,11-12,15-17H,4H2,1-3H3/t11-,12?/m0/s1. The molecule has 1 unspecified atom stereocenters. The van der Waals surface area contributed by atoms with Crippen LogP contribution in [0.5, 0.6) is 11.5 Å². The van der Waals surface area contributed by atoms with Crippen LogP contribution in [0.15, 0.2) is 18.2 Å². The molecule has 1 aromatic rings. The number of ether oxygens (including phenoxy) is 1. The number of phenols is 2. The second-order valence-electron chi connectivity index (χ2n) is 4.23. The second-order valence-corrected chi connectivity index (χ2v) is 4.23. The van der Waals surface area contributed by atoms with Gasteiger partial charge >= 0.3 is 5.97 Å². The number of hydrogen-bond acceptors (Lipinski definition) is 6. The predicted molar refractivity (Wildman–Crippen MR) is 68.8 cm³/mol. The molecule has 0 bridgehead atoms. The summed E-state index contributed by atoms with van der Waals surface area (Å²) < 4.78 is 4.68. The van der Waals surface area contributed by atoms with Crippen molar-refractivity contribution in [2.75, 3.05) is 20.7 Å². The van der Waals surface area contributed by atoms with Gasteiger partial charge in [0.15, 0.2) is 11.5 Å². The quantitative estimate of drug-likeness (QED) is 0.536. The Labute approximate surface area is 111 Å². The number of nitrogens with zero attached hydrogens (tertiary/aromatic N) is 1. The number of carbonyl (C=O) groups excluding carboxylic acids is 1. The van der Waals surface area contributed by atoms with Crippen molar-refractivity contribution in [3.63, 3.8) is 0 Å². The van der Waals surface area contributed by atoms with E-state index < -0.39 is 18.1 Å². The molecule has 1 rings (SSSR count). The number of benzene rings is 1. The smallest absolute Gasteiger partial charge is 0.326 e. The van der Waals surface area contributed by atoms with E-state index >= 15 is 0 Å². The average Bonchev–Trinajstić information content (AvgIpc) is 2.41. The van der Waals surface area contributed by atoms with Gasteiger partial charge in [0.05, 0.1) is 7.11 Å². The molecule has 0 spiro atoms. The van der Waals surface area contributed by atoms with Crippen LogP contribution >= 0.6 is 0 Å². The number of rotatable bonds is 5. The maximum Gasteiger partial charge on any atom is 0.326 e. The normalized spacial score (nSPS) is 14.2. The summed E-state index contributed by atoms with van der Waals surface area (Å²) in [5.74, 6) is -1.20. The van der Waals surface area contributed by atoms with Crippen molar-refractivity contribution in [2.45, 2.75) is 19.1 Å². The zero-order chi connectivity index (χ0) is 14.6. The highest BCUT2D eigenvalue weighted by Gasteiger charge is 2.32. The van der Waals surface area contributed by atoms with Crippen molar-refractivity contribution in [1.29, 1.82) is 0 Å². The van der Waals surface area contributed by atoms with Crippen LogP contribution in [-0.2, 0) is 9.53 Å². The first-order chi connectivity index (χ1) is 8.92. The van der Waals surface area contributed by atoms with Crippen molar-refractivity contribution in [3.05, 3.63) is 23.8 Å². The Kier molecular flexibility index (Phi) is 5.14. The van der Waals surface area contributed by atoms with Crippen molar-refractivity contribution in [2.24, 2.45) is 0 Å². The number of likely N-dealkylation sites (N-methyl/N-ethyl adjacent to an activating group) is 1. The molecule has 0 aliphatic heterocycles. The number of aromatic hydroxyl groups is 2. The van der Waals surface area contributed by atoms with Crippen molar-refractivity contribution < 1.29 is 24.9 Å². The molecular weight excluding hydrogens is 250 g/mol. The largest absolute Gasteiger partial charge is 0.504 e. The molecule has 0 saturated carbocycles. The maximum atomic E-state index is 11.7. The Morgan fingerprint density at radius 3 is 2.47 bits per heavy atom. The fourth-order valence-electron chi connectivity index (χ4n) is 1.77. The summed E-state index contributed by atoms with van der Waals surface area (Å²) in [7, 11) is 2.94. The van der Waals surface area contributed by atoms with Gasteiger partial charge in [0.25, 0.3) is 0 Å². The number of esters is 1. The van der Waals surface area contributed by atoms with Gasteiger partial charge in [-0.05, 0) is 31.3 Å². The van der Waals surface area contributed by atoms with Crippen LogP contribution in [0.2, 0.25) is 0 Å². The van der Waals surface area contributed by atoms with Crippen molar-refractivity contribution >= 4 is 5.97 Å². The fraction of sp³-hybridized carbons (Fsp3) is 0.462. The lowest BCUT2D eigenvalue weighted by Gasteiger charge is -2.29. The summed E-state index contributed by atoms with van der Waals surface area (Å²) in [6, 6.07) is 3.05. The number of methoxy groups -OCH3 is 1. The van der Waals surface area contributed by atoms with Crippen LogP contribution in [-0.4, -0.2) is 52.9 Å². The van der Waals surface area contributed by atoms with Crippen LogP contribution in [0.25, 0.3) is 0 Å². The van der Waals surface area contributed by atoms with E-state index in [2.05, 4.69) is 4.74 Å². The second kappa shape index (κ2) is 6.40. The zero-order valence-electron chi connectivity index (χ0n) is 11.2. The van der Waals surface area contributed by atoms with Gasteiger partial charge in [-0.1, -0.05) is 13.0 Å². The minimum atomic E-state index is -1.16. The number of aliphatic hydroxyl groups excluding tert-OH is 1. The summed E-state index contributed by atoms with van der Waals surface area (Å²) in [5, 5.41) is 28.9. The Morgan fingerprint density at radius 2 is 2.00 bits per heavy atom. The highest BCUT2D eigenvalue weighted by Crippen LogP contribution is 2.30. The van der Waals surface area contributed by atoms with Gasteiger partial charge in [-0.2, -0.15) is 0 Å². The first-order valence-electron chi connectivity index (χ1n) is 5.90. The van der Waals surface area contributed by atoms with Crippen LogP contribution < -0.4 is 0 Å². The lowest BCUT2D eigenvalue weighted by atomic mass is 10.0. The molecule has 0 aromatic heterocycles. The van der Waals surface area contributed by atoms with Crippen LogP contribution in [0.1, 0.15) is 18.6 Å². The van der Waals surface area contributed by atoms with Gasteiger partial charge in [-0.25, -0.2) is 0 Å². The molecule has 6 heteroatoms. The first-order valence-corrected chi connectivity index (χ1v) is 5.90. The molecular formula is C13H19NO5. The fourth-order valence-corrected chi connectivity index (χ4v) is 1.77. The van der Waals surface area contributed by atoms with Gasteiger partial charge in [-0.3, -0.25) is 9.69 Å². The topological polar surface area (TPSA) is 90.2 Å². The maximum absolute atomic E-state index is 11.7. The molecule has 0 aliphatic rings. The van der Waals surface area contributed by atoms with Gasteiger partial charge in [-0.15, -0.1) is 0 Å². The van der Waals surface area contributed by atoms with E-state index in [9.17, 15) is 20.1 Å². The van der Waals surface area contributed by atoms with Crippen LogP contribution in [0.3, 0.4) is 0 Å².